The second kappa shape index (κ2) is 7.65. The zero-order valence-electron chi connectivity index (χ0n) is 10.4. The first-order valence-electron chi connectivity index (χ1n) is 6.34. The van der Waals surface area contributed by atoms with Crippen molar-refractivity contribution < 1.29 is 19.5 Å². The van der Waals surface area contributed by atoms with E-state index in [0.29, 0.717) is 38.5 Å². The summed E-state index contributed by atoms with van der Waals surface area (Å²) in [5, 5.41) is 8.43. The number of carboxylic acids is 1. The van der Waals surface area contributed by atoms with Gasteiger partial charge in [0.25, 0.3) is 0 Å². The summed E-state index contributed by atoms with van der Waals surface area (Å²) in [5.41, 5.74) is 0. The summed E-state index contributed by atoms with van der Waals surface area (Å²) in [5.74, 6) is 4.51. The lowest BCUT2D eigenvalue weighted by Gasteiger charge is -2.16. The quantitative estimate of drug-likeness (QED) is 0.460. The second-order valence-corrected chi connectivity index (χ2v) is 4.50. The third-order valence-electron chi connectivity index (χ3n) is 3.00. The van der Waals surface area contributed by atoms with Gasteiger partial charge in [0.2, 0.25) is 0 Å². The number of carbonyl (C=O) groups excluding carboxylic acids is 2. The van der Waals surface area contributed by atoms with Crippen molar-refractivity contribution in [3.63, 3.8) is 0 Å². The van der Waals surface area contributed by atoms with E-state index in [1.54, 1.807) is 0 Å². The highest BCUT2D eigenvalue weighted by Crippen LogP contribution is 2.19. The Morgan fingerprint density at radius 2 is 1.83 bits per heavy atom. The molecule has 0 aromatic rings. The number of carboxylic acid groups (broad SMARTS) is 1. The minimum Gasteiger partial charge on any atom is -0.481 e. The topological polar surface area (TPSA) is 71.4 Å². The van der Waals surface area contributed by atoms with Crippen LogP contribution in [0.15, 0.2) is 0 Å². The zero-order chi connectivity index (χ0) is 13.4. The summed E-state index contributed by atoms with van der Waals surface area (Å²) in [6.45, 7) is 0. The number of carbonyl (C=O) groups is 3. The smallest absolute Gasteiger partial charge is 0.303 e. The highest BCUT2D eigenvalue weighted by Gasteiger charge is 2.28. The number of aliphatic carboxylic acids is 1. The first-order valence-corrected chi connectivity index (χ1v) is 6.34. The first kappa shape index (κ1) is 14.4. The van der Waals surface area contributed by atoms with Gasteiger partial charge in [-0.3, -0.25) is 14.4 Å². The third kappa shape index (κ3) is 5.13. The van der Waals surface area contributed by atoms with E-state index in [4.69, 9.17) is 5.11 Å². The van der Waals surface area contributed by atoms with Crippen LogP contribution in [0, 0.1) is 17.8 Å². The second-order valence-electron chi connectivity index (χ2n) is 4.50. The molecule has 0 aromatic carbocycles. The molecule has 1 saturated carbocycles. The van der Waals surface area contributed by atoms with Crippen LogP contribution in [0.25, 0.3) is 0 Å². The van der Waals surface area contributed by atoms with E-state index in [-0.39, 0.29) is 18.0 Å². The summed E-state index contributed by atoms with van der Waals surface area (Å²) in [6.07, 6.45) is 4.15. The third-order valence-corrected chi connectivity index (χ3v) is 3.00. The van der Waals surface area contributed by atoms with Gasteiger partial charge in [0.05, 0.1) is 5.92 Å². The van der Waals surface area contributed by atoms with Crippen LogP contribution < -0.4 is 0 Å². The predicted octanol–water partition coefficient (Wildman–Crippen LogP) is 1.96. The number of hydrogen-bond acceptors (Lipinski definition) is 3. The summed E-state index contributed by atoms with van der Waals surface area (Å²) in [4.78, 5) is 33.2. The lowest BCUT2D eigenvalue weighted by molar-refractivity contribution is -0.137. The number of Topliss-reactive ketones (excluding diaryl/α,β-unsaturated/α-hetero) is 2. The van der Waals surface area contributed by atoms with Gasteiger partial charge in [-0.15, -0.1) is 11.8 Å². The van der Waals surface area contributed by atoms with E-state index >= 15 is 0 Å². The Hall–Kier alpha value is -1.63. The molecule has 0 atom stereocenters. The molecule has 0 unspecified atom stereocenters. The molecule has 1 N–H and O–H groups in total. The van der Waals surface area contributed by atoms with Gasteiger partial charge < -0.3 is 5.11 Å². The van der Waals surface area contributed by atoms with Crippen LogP contribution in [-0.2, 0) is 14.4 Å². The highest BCUT2D eigenvalue weighted by atomic mass is 16.4. The molecule has 0 heterocycles. The molecule has 0 spiro atoms. The van der Waals surface area contributed by atoms with Crippen LogP contribution in [0.5, 0.6) is 0 Å². The summed E-state index contributed by atoms with van der Waals surface area (Å²) in [6, 6.07) is 0. The zero-order valence-corrected chi connectivity index (χ0v) is 10.4. The van der Waals surface area contributed by atoms with Crippen LogP contribution >= 0.6 is 0 Å². The normalized spacial score (nSPS) is 16.2. The molecule has 0 aliphatic heterocycles. The Kier molecular flexibility index (Phi) is 6.13. The van der Waals surface area contributed by atoms with Crippen molar-refractivity contribution in [1.29, 1.82) is 0 Å². The lowest BCUT2D eigenvalue weighted by Crippen LogP contribution is -2.28. The van der Waals surface area contributed by atoms with E-state index in [9.17, 15) is 14.4 Å². The number of unbranched alkanes of at least 4 members (excludes halogenated alkanes) is 2. The molecule has 0 amide bonds. The van der Waals surface area contributed by atoms with Crippen molar-refractivity contribution >= 4 is 17.5 Å². The van der Waals surface area contributed by atoms with Gasteiger partial charge in [0.15, 0.2) is 0 Å². The monoisotopic (exact) mass is 250 g/mol. The van der Waals surface area contributed by atoms with Crippen LogP contribution in [-0.4, -0.2) is 22.6 Å². The average molecular weight is 250 g/mol. The van der Waals surface area contributed by atoms with Crippen molar-refractivity contribution in [3.8, 4) is 11.8 Å². The van der Waals surface area contributed by atoms with Crippen molar-refractivity contribution in [2.45, 2.75) is 51.4 Å². The van der Waals surface area contributed by atoms with Gasteiger partial charge in [-0.05, 0) is 19.3 Å². The fourth-order valence-corrected chi connectivity index (χ4v) is 1.94. The maximum Gasteiger partial charge on any atom is 0.303 e. The van der Waals surface area contributed by atoms with Crippen molar-refractivity contribution in [2.24, 2.45) is 5.92 Å². The number of hydrogen-bond donors (Lipinski definition) is 1. The van der Waals surface area contributed by atoms with E-state index in [0.717, 1.165) is 6.42 Å². The van der Waals surface area contributed by atoms with Crippen LogP contribution in [0.4, 0.5) is 0 Å². The summed E-state index contributed by atoms with van der Waals surface area (Å²) < 4.78 is 0. The standard InChI is InChI=1S/C14H18O4/c15-12-8-6-9-13(16)11(12)7-4-2-1-3-5-10-14(17)18/h11H,1,3,5-10H2,(H,17,18). The maximum atomic E-state index is 11.5. The molecule has 0 saturated heterocycles. The first-order chi connectivity index (χ1) is 8.61. The van der Waals surface area contributed by atoms with E-state index in [1.165, 1.54) is 0 Å². The summed E-state index contributed by atoms with van der Waals surface area (Å²) >= 11 is 0. The molecule has 0 aromatic heterocycles. The molecular weight excluding hydrogens is 232 g/mol. The van der Waals surface area contributed by atoms with Gasteiger partial charge in [-0.2, -0.15) is 0 Å². The molecule has 1 fully saturated rings. The molecule has 4 nitrogen and oxygen atoms in total. The Morgan fingerprint density at radius 3 is 2.44 bits per heavy atom. The minimum absolute atomic E-state index is 0.0198. The minimum atomic E-state index is -0.790. The molecule has 18 heavy (non-hydrogen) atoms. The average Bonchev–Trinajstić information content (AvgIpc) is 2.30. The SMILES string of the molecule is O=C(O)CCCCC#CCC1C(=O)CCCC1=O. The van der Waals surface area contributed by atoms with Crippen molar-refractivity contribution in [3.05, 3.63) is 0 Å². The molecule has 1 aliphatic rings. The Morgan fingerprint density at radius 1 is 1.17 bits per heavy atom. The van der Waals surface area contributed by atoms with Crippen LogP contribution in [0.2, 0.25) is 0 Å². The van der Waals surface area contributed by atoms with Gasteiger partial charge >= 0.3 is 5.97 Å². The molecule has 0 radical (unpaired) electrons. The molecule has 4 heteroatoms. The molecule has 98 valence electrons. The van der Waals surface area contributed by atoms with Gasteiger partial charge in [0.1, 0.15) is 11.6 Å². The highest BCUT2D eigenvalue weighted by molar-refractivity contribution is 6.04. The number of ketones is 2. The molecule has 1 rings (SSSR count). The fourth-order valence-electron chi connectivity index (χ4n) is 1.94. The summed E-state index contributed by atoms with van der Waals surface area (Å²) in [7, 11) is 0. The lowest BCUT2D eigenvalue weighted by atomic mass is 9.85. The van der Waals surface area contributed by atoms with E-state index in [1.807, 2.05) is 0 Å². The Balaban J connectivity index is 2.21. The van der Waals surface area contributed by atoms with Gasteiger partial charge in [-0.1, -0.05) is 0 Å². The largest absolute Gasteiger partial charge is 0.481 e. The fraction of sp³-hybridized carbons (Fsp3) is 0.643. The molecular formula is C14H18O4. The van der Waals surface area contributed by atoms with E-state index in [2.05, 4.69) is 11.8 Å². The Bertz CT molecular complexity index is 370. The predicted molar refractivity (Wildman–Crippen MR) is 65.9 cm³/mol. The van der Waals surface area contributed by atoms with Crippen LogP contribution in [0.1, 0.15) is 51.4 Å². The van der Waals surface area contributed by atoms with Crippen LogP contribution in [0.3, 0.4) is 0 Å². The van der Waals surface area contributed by atoms with E-state index < -0.39 is 11.9 Å². The van der Waals surface area contributed by atoms with Gasteiger partial charge in [-0.25, -0.2) is 0 Å². The Labute approximate surface area is 107 Å². The van der Waals surface area contributed by atoms with Crippen molar-refractivity contribution in [1.82, 2.24) is 0 Å². The van der Waals surface area contributed by atoms with Crippen molar-refractivity contribution in [2.75, 3.05) is 0 Å². The van der Waals surface area contributed by atoms with Gasteiger partial charge in [0, 0.05) is 32.1 Å². The molecule has 1 aliphatic carbocycles. The molecule has 0 bridgehead atoms. The maximum absolute atomic E-state index is 11.5. The number of rotatable bonds is 5.